The molecule has 5 heteroatoms. The number of morpholine rings is 1. The van der Waals surface area contributed by atoms with Crippen molar-refractivity contribution in [1.29, 1.82) is 0 Å². The third-order valence-corrected chi connectivity index (χ3v) is 4.08. The minimum absolute atomic E-state index is 0.122. The Morgan fingerprint density at radius 1 is 1.39 bits per heavy atom. The van der Waals surface area contributed by atoms with Crippen LogP contribution >= 0.6 is 0 Å². The van der Waals surface area contributed by atoms with E-state index >= 15 is 0 Å². The lowest BCUT2D eigenvalue weighted by Gasteiger charge is -2.44. The molecule has 0 radical (unpaired) electrons. The topological polar surface area (TPSA) is 48.3 Å². The fraction of sp³-hybridized carbons (Fsp3) is 0.769. The first-order chi connectivity index (χ1) is 8.82. The fourth-order valence-electron chi connectivity index (χ4n) is 3.15. The van der Waals surface area contributed by atoms with Crippen LogP contribution in [0.4, 0.5) is 0 Å². The smallest absolute Gasteiger partial charge is 0.0914 e. The van der Waals surface area contributed by atoms with Crippen molar-refractivity contribution in [3.63, 3.8) is 0 Å². The van der Waals surface area contributed by atoms with Crippen LogP contribution in [-0.2, 0) is 16.5 Å². The molecular weight excluding hydrogens is 230 g/mol. The van der Waals surface area contributed by atoms with Gasteiger partial charge in [0, 0.05) is 39.4 Å². The van der Waals surface area contributed by atoms with E-state index < -0.39 is 0 Å². The van der Waals surface area contributed by atoms with Gasteiger partial charge in [-0.1, -0.05) is 0 Å². The van der Waals surface area contributed by atoms with Crippen molar-refractivity contribution < 1.29 is 9.47 Å². The quantitative estimate of drug-likeness (QED) is 0.809. The number of hydrogen-bond donors (Lipinski definition) is 1. The second kappa shape index (κ2) is 4.99. The van der Waals surface area contributed by atoms with Crippen molar-refractivity contribution in [1.82, 2.24) is 15.1 Å². The summed E-state index contributed by atoms with van der Waals surface area (Å²) < 4.78 is 13.7. The lowest BCUT2D eigenvalue weighted by Crippen LogP contribution is -2.53. The Hall–Kier alpha value is -0.910. The van der Waals surface area contributed by atoms with Gasteiger partial charge >= 0.3 is 0 Å². The third-order valence-electron chi connectivity index (χ3n) is 4.08. The summed E-state index contributed by atoms with van der Waals surface area (Å²) in [7, 11) is 1.99. The van der Waals surface area contributed by atoms with Gasteiger partial charge in [-0.3, -0.25) is 4.68 Å². The summed E-state index contributed by atoms with van der Waals surface area (Å²) in [4.78, 5) is 0. The molecule has 2 saturated heterocycles. The SMILES string of the molecule is Cn1nccc1C1NCCOC12CCCOCC2. The highest BCUT2D eigenvalue weighted by molar-refractivity contribution is 5.15. The van der Waals surface area contributed by atoms with Crippen molar-refractivity contribution in [2.75, 3.05) is 26.4 Å². The van der Waals surface area contributed by atoms with Crippen molar-refractivity contribution in [3.05, 3.63) is 18.0 Å². The molecule has 2 aliphatic rings. The Morgan fingerprint density at radius 2 is 2.33 bits per heavy atom. The molecule has 0 bridgehead atoms. The van der Waals surface area contributed by atoms with Crippen molar-refractivity contribution in [2.45, 2.75) is 30.9 Å². The van der Waals surface area contributed by atoms with Gasteiger partial charge in [-0.2, -0.15) is 5.10 Å². The van der Waals surface area contributed by atoms with E-state index in [0.717, 1.165) is 45.6 Å². The Labute approximate surface area is 107 Å². The predicted molar refractivity (Wildman–Crippen MR) is 67.3 cm³/mol. The summed E-state index contributed by atoms with van der Waals surface area (Å²) in [5.74, 6) is 0. The first-order valence-electron chi connectivity index (χ1n) is 6.75. The van der Waals surface area contributed by atoms with Crippen LogP contribution in [0.2, 0.25) is 0 Å². The molecule has 100 valence electrons. The predicted octanol–water partition coefficient (Wildman–Crippen LogP) is 1.02. The van der Waals surface area contributed by atoms with Crippen LogP contribution in [0, 0.1) is 0 Å². The summed E-state index contributed by atoms with van der Waals surface area (Å²) in [5, 5.41) is 7.89. The van der Waals surface area contributed by atoms with Gasteiger partial charge in [-0.25, -0.2) is 0 Å². The summed E-state index contributed by atoms with van der Waals surface area (Å²) >= 11 is 0. The lowest BCUT2D eigenvalue weighted by atomic mass is 9.83. The van der Waals surface area contributed by atoms with Crippen molar-refractivity contribution in [3.8, 4) is 0 Å². The summed E-state index contributed by atoms with van der Waals surface area (Å²) in [6.45, 7) is 3.33. The molecule has 0 aliphatic carbocycles. The summed E-state index contributed by atoms with van der Waals surface area (Å²) in [6, 6.07) is 2.31. The van der Waals surface area contributed by atoms with Gasteiger partial charge < -0.3 is 14.8 Å². The van der Waals surface area contributed by atoms with Gasteiger partial charge in [0.25, 0.3) is 0 Å². The van der Waals surface area contributed by atoms with E-state index in [4.69, 9.17) is 9.47 Å². The first kappa shape index (κ1) is 12.1. The molecule has 2 fully saturated rings. The average Bonchev–Trinajstić information content (AvgIpc) is 2.67. The first-order valence-corrected chi connectivity index (χ1v) is 6.75. The van der Waals surface area contributed by atoms with Gasteiger partial charge in [0.05, 0.1) is 23.9 Å². The number of rotatable bonds is 1. The largest absolute Gasteiger partial charge is 0.381 e. The minimum Gasteiger partial charge on any atom is -0.381 e. The molecule has 18 heavy (non-hydrogen) atoms. The third kappa shape index (κ3) is 2.06. The second-order valence-electron chi connectivity index (χ2n) is 5.15. The van der Waals surface area contributed by atoms with Gasteiger partial charge in [0.15, 0.2) is 0 Å². The molecule has 0 amide bonds. The molecule has 3 heterocycles. The van der Waals surface area contributed by atoms with Crippen LogP contribution in [0.25, 0.3) is 0 Å². The van der Waals surface area contributed by atoms with E-state index in [0.29, 0.717) is 0 Å². The monoisotopic (exact) mass is 251 g/mol. The zero-order valence-electron chi connectivity index (χ0n) is 10.9. The zero-order valence-corrected chi connectivity index (χ0v) is 10.9. The molecule has 0 aromatic carbocycles. The number of aryl methyl sites for hydroxylation is 1. The normalized spacial score (nSPS) is 33.5. The summed E-state index contributed by atoms with van der Waals surface area (Å²) in [5.41, 5.74) is 1.08. The van der Waals surface area contributed by atoms with E-state index in [2.05, 4.69) is 16.5 Å². The summed E-state index contributed by atoms with van der Waals surface area (Å²) in [6.07, 6.45) is 4.92. The maximum atomic E-state index is 6.19. The fourth-order valence-corrected chi connectivity index (χ4v) is 3.15. The van der Waals surface area contributed by atoms with E-state index in [1.54, 1.807) is 0 Å². The molecule has 1 spiro atoms. The number of hydrogen-bond acceptors (Lipinski definition) is 4. The second-order valence-corrected chi connectivity index (χ2v) is 5.15. The highest BCUT2D eigenvalue weighted by atomic mass is 16.5. The standard InChI is InChI=1S/C13H21N3O2/c1-16-11(3-6-15-16)12-13(18-10-7-14-12)4-2-8-17-9-5-13/h3,6,12,14H,2,4-5,7-10H2,1H3. The van der Waals surface area contributed by atoms with Gasteiger partial charge in [-0.05, 0) is 18.9 Å². The van der Waals surface area contributed by atoms with Crippen molar-refractivity contribution >= 4 is 0 Å². The number of nitrogens with zero attached hydrogens (tertiary/aromatic N) is 2. The van der Waals surface area contributed by atoms with Gasteiger partial charge in [0.1, 0.15) is 0 Å². The van der Waals surface area contributed by atoms with Crippen LogP contribution in [0.5, 0.6) is 0 Å². The Balaban J connectivity index is 1.91. The van der Waals surface area contributed by atoms with Crippen LogP contribution in [0.1, 0.15) is 31.0 Å². The molecule has 0 saturated carbocycles. The molecule has 2 atom stereocenters. The molecule has 1 aromatic heterocycles. The van der Waals surface area contributed by atoms with Crippen LogP contribution in [0.3, 0.4) is 0 Å². The van der Waals surface area contributed by atoms with Crippen LogP contribution < -0.4 is 5.32 Å². The molecule has 5 nitrogen and oxygen atoms in total. The number of nitrogens with one attached hydrogen (secondary N) is 1. The average molecular weight is 251 g/mol. The Kier molecular flexibility index (Phi) is 3.37. The van der Waals surface area contributed by atoms with E-state index in [1.165, 1.54) is 5.69 Å². The Bertz CT molecular complexity index is 397. The zero-order chi connectivity index (χ0) is 12.4. The minimum atomic E-state index is -0.122. The number of ether oxygens (including phenoxy) is 2. The van der Waals surface area contributed by atoms with Crippen molar-refractivity contribution in [2.24, 2.45) is 7.05 Å². The van der Waals surface area contributed by atoms with E-state index in [-0.39, 0.29) is 11.6 Å². The molecule has 1 aromatic rings. The van der Waals surface area contributed by atoms with E-state index in [1.807, 2.05) is 17.9 Å². The van der Waals surface area contributed by atoms with Gasteiger partial charge in [-0.15, -0.1) is 0 Å². The van der Waals surface area contributed by atoms with Crippen LogP contribution in [0.15, 0.2) is 12.3 Å². The molecule has 2 unspecified atom stereocenters. The highest BCUT2D eigenvalue weighted by Crippen LogP contribution is 2.39. The van der Waals surface area contributed by atoms with Crippen LogP contribution in [-0.4, -0.2) is 41.7 Å². The maximum Gasteiger partial charge on any atom is 0.0914 e. The Morgan fingerprint density at radius 3 is 3.17 bits per heavy atom. The maximum absolute atomic E-state index is 6.19. The number of aromatic nitrogens is 2. The molecule has 1 N–H and O–H groups in total. The highest BCUT2D eigenvalue weighted by Gasteiger charge is 2.44. The van der Waals surface area contributed by atoms with Gasteiger partial charge in [0.2, 0.25) is 0 Å². The molecule has 3 rings (SSSR count). The molecule has 2 aliphatic heterocycles. The molecular formula is C13H21N3O2. The van der Waals surface area contributed by atoms with E-state index in [9.17, 15) is 0 Å². The lowest BCUT2D eigenvalue weighted by molar-refractivity contribution is -0.110.